The van der Waals surface area contributed by atoms with Crippen molar-refractivity contribution in [2.45, 2.75) is 4.84 Å². The summed E-state index contributed by atoms with van der Waals surface area (Å²) < 4.78 is 13.0. The number of carbonyl (C=O) groups excluding carboxylic acids is 1. The van der Waals surface area contributed by atoms with E-state index in [1.54, 1.807) is 0 Å². The monoisotopic (exact) mass is 240 g/mol. The van der Waals surface area contributed by atoms with E-state index in [4.69, 9.17) is 34.8 Å². The molecule has 0 fully saturated rings. The Hall–Kier alpha value is -0.310. The lowest BCUT2D eigenvalue weighted by atomic mass is 10.1. The van der Waals surface area contributed by atoms with Crippen molar-refractivity contribution in [3.8, 4) is 0 Å². The summed E-state index contributed by atoms with van der Waals surface area (Å²) in [4.78, 5) is 9.88. The molecule has 0 heterocycles. The minimum atomic E-state index is -1.27. The van der Waals surface area contributed by atoms with Crippen LogP contribution in [0.4, 0.5) is 4.39 Å². The summed E-state index contributed by atoms with van der Waals surface area (Å²) in [5.74, 6) is -1.37. The maximum absolute atomic E-state index is 13.0. The molecule has 1 aromatic rings. The quantitative estimate of drug-likeness (QED) is 0.572. The molecule has 13 heavy (non-hydrogen) atoms. The Morgan fingerprint density at radius 1 is 1.38 bits per heavy atom. The molecule has 0 aromatic heterocycles. The molecule has 0 bridgehead atoms. The van der Waals surface area contributed by atoms with Gasteiger partial charge in [-0.25, -0.2) is 4.39 Å². The highest BCUT2D eigenvalue weighted by Crippen LogP contribution is 2.19. The number of hydrogen-bond donors (Lipinski definition) is 0. The van der Waals surface area contributed by atoms with Crippen molar-refractivity contribution in [2.24, 2.45) is 0 Å². The number of rotatable bonds is 2. The van der Waals surface area contributed by atoms with Crippen LogP contribution in [-0.4, -0.2) is 10.6 Å². The van der Waals surface area contributed by atoms with E-state index >= 15 is 0 Å². The first-order chi connectivity index (χ1) is 6.02. The lowest BCUT2D eigenvalue weighted by Crippen LogP contribution is -2.10. The zero-order valence-corrected chi connectivity index (χ0v) is 8.50. The van der Waals surface area contributed by atoms with E-state index in [1.807, 2.05) is 0 Å². The number of carbonyl (C=O) groups is 1. The zero-order valence-electron chi connectivity index (χ0n) is 6.23. The summed E-state index contributed by atoms with van der Waals surface area (Å²) in [6, 6.07) is 3.62. The lowest BCUT2D eigenvalue weighted by Gasteiger charge is -2.02. The van der Waals surface area contributed by atoms with Gasteiger partial charge in [0.05, 0.1) is 5.56 Å². The normalized spacial score (nSPS) is 10.5. The van der Waals surface area contributed by atoms with Crippen LogP contribution in [0.5, 0.6) is 0 Å². The average Bonchev–Trinajstić information content (AvgIpc) is 2.08. The van der Waals surface area contributed by atoms with Gasteiger partial charge in [-0.1, -0.05) is 34.8 Å². The van der Waals surface area contributed by atoms with Gasteiger partial charge in [-0.15, -0.1) is 0 Å². The van der Waals surface area contributed by atoms with Crippen LogP contribution in [0.3, 0.4) is 0 Å². The second-order valence-corrected chi connectivity index (χ2v) is 3.82. The molecule has 0 N–H and O–H groups in total. The highest BCUT2D eigenvalue weighted by molar-refractivity contribution is 6.55. The number of ketones is 1. The average molecular weight is 241 g/mol. The SMILES string of the molecule is O=C(c1cc(Cl)ccc1F)C(Cl)Cl. The zero-order chi connectivity index (χ0) is 10.0. The molecule has 5 heteroatoms. The fraction of sp³-hybridized carbons (Fsp3) is 0.125. The lowest BCUT2D eigenvalue weighted by molar-refractivity contribution is 0.100. The van der Waals surface area contributed by atoms with Gasteiger partial charge in [0.1, 0.15) is 5.82 Å². The van der Waals surface area contributed by atoms with Gasteiger partial charge in [-0.3, -0.25) is 4.79 Å². The van der Waals surface area contributed by atoms with Gasteiger partial charge in [-0.2, -0.15) is 0 Å². The first-order valence-corrected chi connectivity index (χ1v) is 4.55. The Morgan fingerprint density at radius 3 is 2.54 bits per heavy atom. The first-order valence-electron chi connectivity index (χ1n) is 3.30. The largest absolute Gasteiger partial charge is 0.291 e. The van der Waals surface area contributed by atoms with Crippen LogP contribution >= 0.6 is 34.8 Å². The molecule has 0 aliphatic rings. The van der Waals surface area contributed by atoms with Gasteiger partial charge < -0.3 is 0 Å². The number of Topliss-reactive ketones (excluding diaryl/α,β-unsaturated/α-hetero) is 1. The van der Waals surface area contributed by atoms with Gasteiger partial charge >= 0.3 is 0 Å². The maximum Gasteiger partial charge on any atom is 0.198 e. The Morgan fingerprint density at radius 2 is 2.00 bits per heavy atom. The molecule has 1 nitrogen and oxygen atoms in total. The molecule has 0 saturated carbocycles. The number of alkyl halides is 2. The number of halogens is 4. The van der Waals surface area contributed by atoms with Gasteiger partial charge in [0.2, 0.25) is 0 Å². The summed E-state index contributed by atoms with van der Waals surface area (Å²) in [6.07, 6.45) is 0. The van der Waals surface area contributed by atoms with E-state index in [9.17, 15) is 9.18 Å². The summed E-state index contributed by atoms with van der Waals surface area (Å²) in [6.45, 7) is 0. The van der Waals surface area contributed by atoms with Crippen LogP contribution in [0.2, 0.25) is 5.02 Å². The molecule has 0 aliphatic carbocycles. The molecule has 1 rings (SSSR count). The topological polar surface area (TPSA) is 17.1 Å². The maximum atomic E-state index is 13.0. The third kappa shape index (κ3) is 2.56. The highest BCUT2D eigenvalue weighted by Gasteiger charge is 2.18. The van der Waals surface area contributed by atoms with Crippen molar-refractivity contribution in [1.82, 2.24) is 0 Å². The van der Waals surface area contributed by atoms with Crippen molar-refractivity contribution in [3.63, 3.8) is 0 Å². The molecule has 0 saturated heterocycles. The molecular weight excluding hydrogens is 237 g/mol. The molecule has 0 atom stereocenters. The van der Waals surface area contributed by atoms with Gasteiger partial charge in [0.25, 0.3) is 0 Å². The molecule has 0 radical (unpaired) electrons. The van der Waals surface area contributed by atoms with E-state index in [2.05, 4.69) is 0 Å². The van der Waals surface area contributed by atoms with Crippen molar-refractivity contribution in [3.05, 3.63) is 34.6 Å². The first kappa shape index (κ1) is 10.8. The van der Waals surface area contributed by atoms with Crippen molar-refractivity contribution >= 4 is 40.6 Å². The van der Waals surface area contributed by atoms with E-state index in [-0.39, 0.29) is 10.6 Å². The van der Waals surface area contributed by atoms with Crippen LogP contribution in [0, 0.1) is 5.82 Å². The predicted molar refractivity (Wildman–Crippen MR) is 51.2 cm³/mol. The van der Waals surface area contributed by atoms with Crippen LogP contribution < -0.4 is 0 Å². The molecule has 0 amide bonds. The van der Waals surface area contributed by atoms with E-state index in [1.165, 1.54) is 12.1 Å². The highest BCUT2D eigenvalue weighted by atomic mass is 35.5. The van der Waals surface area contributed by atoms with Gasteiger partial charge in [0.15, 0.2) is 10.6 Å². The summed E-state index contributed by atoms with van der Waals surface area (Å²) in [5, 5.41) is 0.263. The Balaban J connectivity index is 3.13. The standard InChI is InChI=1S/C8H4Cl3FO/c9-4-1-2-6(12)5(3-4)7(13)8(10)11/h1-3,8H. The second kappa shape index (κ2) is 4.27. The molecule has 0 unspecified atom stereocenters. The van der Waals surface area contributed by atoms with E-state index < -0.39 is 16.4 Å². The molecule has 0 aliphatic heterocycles. The fourth-order valence-corrected chi connectivity index (χ4v) is 1.21. The van der Waals surface area contributed by atoms with Gasteiger partial charge in [0, 0.05) is 5.02 Å². The number of benzene rings is 1. The van der Waals surface area contributed by atoms with Crippen LogP contribution in [0.15, 0.2) is 18.2 Å². The van der Waals surface area contributed by atoms with Crippen molar-refractivity contribution in [1.29, 1.82) is 0 Å². The third-order valence-electron chi connectivity index (χ3n) is 1.39. The van der Waals surface area contributed by atoms with Crippen LogP contribution in [0.25, 0.3) is 0 Å². The molecular formula is C8H4Cl3FO. The van der Waals surface area contributed by atoms with Crippen LogP contribution in [-0.2, 0) is 0 Å². The fourth-order valence-electron chi connectivity index (χ4n) is 0.804. The Labute approximate surface area is 89.4 Å². The van der Waals surface area contributed by atoms with Crippen molar-refractivity contribution in [2.75, 3.05) is 0 Å². The minimum absolute atomic E-state index is 0.192. The molecule has 1 aromatic carbocycles. The number of hydrogen-bond acceptors (Lipinski definition) is 1. The summed E-state index contributed by atoms with van der Waals surface area (Å²) in [5.41, 5.74) is -0.192. The van der Waals surface area contributed by atoms with Crippen molar-refractivity contribution < 1.29 is 9.18 Å². The van der Waals surface area contributed by atoms with Gasteiger partial charge in [-0.05, 0) is 18.2 Å². The Kier molecular flexibility index (Phi) is 3.54. The third-order valence-corrected chi connectivity index (χ3v) is 2.02. The van der Waals surface area contributed by atoms with E-state index in [0.717, 1.165) is 6.07 Å². The van der Waals surface area contributed by atoms with E-state index in [0.29, 0.717) is 0 Å². The Bertz CT molecular complexity index is 338. The summed E-state index contributed by atoms with van der Waals surface area (Å²) in [7, 11) is 0. The minimum Gasteiger partial charge on any atom is -0.291 e. The van der Waals surface area contributed by atoms with Crippen LogP contribution in [0.1, 0.15) is 10.4 Å². The molecule has 0 spiro atoms. The smallest absolute Gasteiger partial charge is 0.198 e. The summed E-state index contributed by atoms with van der Waals surface area (Å²) >= 11 is 16.1. The molecule has 70 valence electrons. The second-order valence-electron chi connectivity index (χ2n) is 2.29. The predicted octanol–water partition coefficient (Wildman–Crippen LogP) is 3.47.